The molecule has 5 heteroatoms. The molecule has 84 valence electrons. The van der Waals surface area contributed by atoms with E-state index in [1.54, 1.807) is 0 Å². The van der Waals surface area contributed by atoms with E-state index in [1.165, 1.54) is 6.26 Å². The molecule has 0 N–H and O–H groups in total. The molecule has 1 heterocycles. The van der Waals surface area contributed by atoms with E-state index in [0.29, 0.717) is 12.0 Å². The molecule has 0 amide bonds. The largest absolute Gasteiger partial charge is 0.400 e. The van der Waals surface area contributed by atoms with Gasteiger partial charge < -0.3 is 4.52 Å². The van der Waals surface area contributed by atoms with Gasteiger partial charge in [0, 0.05) is 5.56 Å². The van der Waals surface area contributed by atoms with Crippen LogP contribution in [0.3, 0.4) is 0 Å². The van der Waals surface area contributed by atoms with Crippen molar-refractivity contribution in [1.29, 1.82) is 0 Å². The molecule has 2 rings (SSSR count). The molecule has 0 saturated heterocycles. The second kappa shape index (κ2) is 3.25. The Bertz CT molecular complexity index is 352. The minimum absolute atomic E-state index is 0.108. The zero-order valence-corrected chi connectivity index (χ0v) is 8.40. The molecule has 1 aliphatic rings. The highest BCUT2D eigenvalue weighted by molar-refractivity contribution is 5.32. The second-order valence-corrected chi connectivity index (χ2v) is 4.02. The maximum absolute atomic E-state index is 12.8. The zero-order chi connectivity index (χ0) is 11.1. The van der Waals surface area contributed by atoms with Crippen molar-refractivity contribution in [1.82, 2.24) is 5.16 Å². The summed E-state index contributed by atoms with van der Waals surface area (Å²) in [5.41, 5.74) is -0.992. The Kier molecular flexibility index (Phi) is 2.28. The van der Waals surface area contributed by atoms with Crippen LogP contribution >= 0.6 is 0 Å². The van der Waals surface area contributed by atoms with Crippen molar-refractivity contribution in [3.63, 3.8) is 0 Å². The van der Waals surface area contributed by atoms with Crippen LogP contribution in [0.25, 0.3) is 0 Å². The van der Waals surface area contributed by atoms with E-state index in [4.69, 9.17) is 0 Å². The molecule has 0 radical (unpaired) electrons. The molecule has 0 atom stereocenters. The first kappa shape index (κ1) is 10.5. The number of halogens is 3. The maximum Gasteiger partial charge on any atom is 0.400 e. The normalized spacial score (nSPS) is 19.2. The van der Waals surface area contributed by atoms with Crippen LogP contribution in [0.15, 0.2) is 10.8 Å². The monoisotopic (exact) mass is 219 g/mol. The van der Waals surface area contributed by atoms with Gasteiger partial charge in [0.25, 0.3) is 0 Å². The van der Waals surface area contributed by atoms with E-state index in [0.717, 1.165) is 6.42 Å². The van der Waals surface area contributed by atoms with Crippen molar-refractivity contribution in [2.24, 2.45) is 0 Å². The van der Waals surface area contributed by atoms with Gasteiger partial charge in [0.05, 0.1) is 0 Å². The van der Waals surface area contributed by atoms with Crippen molar-refractivity contribution < 1.29 is 17.7 Å². The highest BCUT2D eigenvalue weighted by atomic mass is 19.4. The SMILES string of the molecule is CCCc1conc1C1(C(F)(F)F)CC1. The van der Waals surface area contributed by atoms with Crippen molar-refractivity contribution in [3.05, 3.63) is 17.5 Å². The molecule has 1 aromatic rings. The molecule has 0 spiro atoms. The van der Waals surface area contributed by atoms with Gasteiger partial charge in [-0.2, -0.15) is 13.2 Å². The molecule has 0 bridgehead atoms. The highest BCUT2D eigenvalue weighted by Crippen LogP contribution is 2.59. The third-order valence-corrected chi connectivity index (χ3v) is 2.91. The molecule has 1 aliphatic carbocycles. The zero-order valence-electron chi connectivity index (χ0n) is 8.40. The molecule has 15 heavy (non-hydrogen) atoms. The fraction of sp³-hybridized carbons (Fsp3) is 0.700. The van der Waals surface area contributed by atoms with Crippen LogP contribution in [0.4, 0.5) is 13.2 Å². The van der Waals surface area contributed by atoms with Crippen LogP contribution < -0.4 is 0 Å². The maximum atomic E-state index is 12.8. The molecule has 1 saturated carbocycles. The topological polar surface area (TPSA) is 26.0 Å². The standard InChI is InChI=1S/C10H12F3NO/c1-2-3-7-6-15-14-8(7)9(4-5-9)10(11,12)13/h6H,2-5H2,1H3. The lowest BCUT2D eigenvalue weighted by molar-refractivity contribution is -0.162. The number of hydrogen-bond donors (Lipinski definition) is 0. The molecular formula is C10H12F3NO. The fourth-order valence-electron chi connectivity index (χ4n) is 1.88. The summed E-state index contributed by atoms with van der Waals surface area (Å²) in [6.07, 6.45) is -1.20. The summed E-state index contributed by atoms with van der Waals surface area (Å²) in [6.45, 7) is 1.92. The summed E-state index contributed by atoms with van der Waals surface area (Å²) in [7, 11) is 0. The van der Waals surface area contributed by atoms with Gasteiger partial charge in [0.1, 0.15) is 17.4 Å². The van der Waals surface area contributed by atoms with Gasteiger partial charge in [0.15, 0.2) is 0 Å². The summed E-state index contributed by atoms with van der Waals surface area (Å²) >= 11 is 0. The summed E-state index contributed by atoms with van der Waals surface area (Å²) in [6, 6.07) is 0. The fourth-order valence-corrected chi connectivity index (χ4v) is 1.88. The average molecular weight is 219 g/mol. The van der Waals surface area contributed by atoms with Gasteiger partial charge in [-0.3, -0.25) is 0 Å². The lowest BCUT2D eigenvalue weighted by atomic mass is 9.96. The van der Waals surface area contributed by atoms with Crippen LogP contribution in [0.5, 0.6) is 0 Å². The summed E-state index contributed by atoms with van der Waals surface area (Å²) in [5, 5.41) is 3.54. The number of rotatable bonds is 3. The predicted octanol–water partition coefficient (Wildman–Crippen LogP) is 3.22. The lowest BCUT2D eigenvalue weighted by Crippen LogP contribution is -2.29. The molecule has 1 aromatic heterocycles. The van der Waals surface area contributed by atoms with Gasteiger partial charge in [-0.1, -0.05) is 18.5 Å². The average Bonchev–Trinajstić information content (AvgIpc) is 2.83. The molecule has 0 aliphatic heterocycles. The third-order valence-electron chi connectivity index (χ3n) is 2.91. The Hall–Kier alpha value is -1.00. The van der Waals surface area contributed by atoms with Crippen LogP contribution in [0.2, 0.25) is 0 Å². The van der Waals surface area contributed by atoms with Crippen molar-refractivity contribution in [2.75, 3.05) is 0 Å². The predicted molar refractivity (Wildman–Crippen MR) is 47.5 cm³/mol. The van der Waals surface area contributed by atoms with Gasteiger partial charge in [-0.05, 0) is 19.3 Å². The second-order valence-electron chi connectivity index (χ2n) is 4.02. The Balaban J connectivity index is 2.33. The van der Waals surface area contributed by atoms with Crippen molar-refractivity contribution in [2.45, 2.75) is 44.2 Å². The van der Waals surface area contributed by atoms with Crippen molar-refractivity contribution in [3.8, 4) is 0 Å². The Morgan fingerprint density at radius 1 is 1.47 bits per heavy atom. The van der Waals surface area contributed by atoms with Gasteiger partial charge in [-0.15, -0.1) is 0 Å². The number of aromatic nitrogens is 1. The van der Waals surface area contributed by atoms with Crippen LogP contribution in [-0.2, 0) is 11.8 Å². The van der Waals surface area contributed by atoms with Crippen LogP contribution in [-0.4, -0.2) is 11.3 Å². The minimum atomic E-state index is -4.20. The Morgan fingerprint density at radius 2 is 2.13 bits per heavy atom. The Morgan fingerprint density at radius 3 is 2.60 bits per heavy atom. The quantitative estimate of drug-likeness (QED) is 0.780. The summed E-state index contributed by atoms with van der Waals surface area (Å²) in [5.74, 6) is 0. The first-order valence-corrected chi connectivity index (χ1v) is 5.02. The van der Waals surface area contributed by atoms with Gasteiger partial charge in [0.2, 0.25) is 0 Å². The Labute approximate surface area is 85.4 Å². The van der Waals surface area contributed by atoms with E-state index >= 15 is 0 Å². The number of alkyl halides is 3. The van der Waals surface area contributed by atoms with Gasteiger partial charge in [-0.25, -0.2) is 0 Å². The first-order chi connectivity index (χ1) is 7.01. The van der Waals surface area contributed by atoms with E-state index < -0.39 is 11.6 Å². The lowest BCUT2D eigenvalue weighted by Gasteiger charge is -2.17. The number of aryl methyl sites for hydroxylation is 1. The molecule has 0 aromatic carbocycles. The van der Waals surface area contributed by atoms with E-state index in [9.17, 15) is 13.2 Å². The molecule has 2 nitrogen and oxygen atoms in total. The van der Waals surface area contributed by atoms with Crippen LogP contribution in [0, 0.1) is 0 Å². The smallest absolute Gasteiger partial charge is 0.364 e. The van der Waals surface area contributed by atoms with Gasteiger partial charge >= 0.3 is 6.18 Å². The summed E-state index contributed by atoms with van der Waals surface area (Å²) in [4.78, 5) is 0. The highest BCUT2D eigenvalue weighted by Gasteiger charge is 2.66. The molecule has 0 unspecified atom stereocenters. The van der Waals surface area contributed by atoms with E-state index in [-0.39, 0.29) is 18.5 Å². The third kappa shape index (κ3) is 1.54. The molecular weight excluding hydrogens is 207 g/mol. The van der Waals surface area contributed by atoms with Crippen molar-refractivity contribution >= 4 is 0 Å². The summed E-state index contributed by atoms with van der Waals surface area (Å²) < 4.78 is 43.1. The van der Waals surface area contributed by atoms with Crippen LogP contribution in [0.1, 0.15) is 37.4 Å². The van der Waals surface area contributed by atoms with E-state index in [2.05, 4.69) is 9.68 Å². The van der Waals surface area contributed by atoms with E-state index in [1.807, 2.05) is 6.92 Å². The molecule has 1 fully saturated rings. The first-order valence-electron chi connectivity index (χ1n) is 5.02. The number of nitrogens with zero attached hydrogens (tertiary/aromatic N) is 1. The minimum Gasteiger partial charge on any atom is -0.364 e. The number of hydrogen-bond acceptors (Lipinski definition) is 2.